The van der Waals surface area contributed by atoms with Gasteiger partial charge >= 0.3 is 0 Å². The van der Waals surface area contributed by atoms with Gasteiger partial charge in [-0.25, -0.2) is 0 Å². The molecule has 0 bridgehead atoms. The van der Waals surface area contributed by atoms with E-state index in [0.29, 0.717) is 0 Å². The van der Waals surface area contributed by atoms with Crippen LogP contribution in [0.5, 0.6) is 0 Å². The summed E-state index contributed by atoms with van der Waals surface area (Å²) in [6.07, 6.45) is 12.6. The van der Waals surface area contributed by atoms with Crippen molar-refractivity contribution < 1.29 is 0 Å². The van der Waals surface area contributed by atoms with E-state index >= 15 is 0 Å². The highest BCUT2D eigenvalue weighted by Gasteiger charge is 1.80. The molecule has 0 N–H and O–H groups in total. The highest BCUT2D eigenvalue weighted by atomic mass is 13.9. The largest absolute Gasteiger partial charge is 0.0885 e. The molecule has 0 aromatic rings. The summed E-state index contributed by atoms with van der Waals surface area (Å²) in [7, 11) is 0. The molecule has 0 heteroatoms. The Bertz CT molecular complexity index is 72.1. The van der Waals surface area contributed by atoms with Crippen molar-refractivity contribution in [2.24, 2.45) is 0 Å². The van der Waals surface area contributed by atoms with Crippen molar-refractivity contribution in [1.82, 2.24) is 0 Å². The molecule has 0 atom stereocenters. The molecule has 0 rings (SSSR count). The van der Waals surface area contributed by atoms with Gasteiger partial charge in [-0.3, -0.25) is 0 Å². The fourth-order valence-corrected chi connectivity index (χ4v) is 0.822. The van der Waals surface area contributed by atoms with Gasteiger partial charge in [-0.15, -0.1) is 0 Å². The van der Waals surface area contributed by atoms with Crippen LogP contribution in [0.1, 0.15) is 39.0 Å². The molecule has 0 aliphatic rings. The van der Waals surface area contributed by atoms with Crippen molar-refractivity contribution >= 4 is 0 Å². The third-order valence-electron chi connectivity index (χ3n) is 1.44. The zero-order valence-electron chi connectivity index (χ0n) is 6.97. The minimum Gasteiger partial charge on any atom is -0.0885 e. The van der Waals surface area contributed by atoms with E-state index in [9.17, 15) is 0 Å². The molecular weight excluding hydrogens is 120 g/mol. The van der Waals surface area contributed by atoms with Gasteiger partial charge in [0, 0.05) is 0 Å². The highest BCUT2D eigenvalue weighted by Crippen LogP contribution is 2.00. The molecule has 58 valence electrons. The van der Waals surface area contributed by atoms with Crippen LogP contribution in [0, 0.1) is 13.3 Å². The number of hydrogen-bond donors (Lipinski definition) is 0. The molecule has 0 spiro atoms. The van der Waals surface area contributed by atoms with Crippen LogP contribution in [0.3, 0.4) is 0 Å². The first-order chi connectivity index (χ1) is 4.91. The van der Waals surface area contributed by atoms with Gasteiger partial charge < -0.3 is 0 Å². The summed E-state index contributed by atoms with van der Waals surface area (Å²) in [5.41, 5.74) is 0. The molecular formula is C10H18. The Morgan fingerprint density at radius 1 is 1.20 bits per heavy atom. The molecule has 0 fully saturated rings. The molecule has 0 saturated carbocycles. The highest BCUT2D eigenvalue weighted by molar-refractivity contribution is 4.87. The van der Waals surface area contributed by atoms with Crippen LogP contribution in [0.2, 0.25) is 0 Å². The fraction of sp³-hybridized carbons (Fsp3) is 0.600. The summed E-state index contributed by atoms with van der Waals surface area (Å²) in [5.74, 6) is 0. The second-order valence-corrected chi connectivity index (χ2v) is 2.49. The summed E-state index contributed by atoms with van der Waals surface area (Å²) < 4.78 is 0. The van der Waals surface area contributed by atoms with Gasteiger partial charge in [0.15, 0.2) is 0 Å². The van der Waals surface area contributed by atoms with Gasteiger partial charge in [0.1, 0.15) is 0 Å². The van der Waals surface area contributed by atoms with Crippen LogP contribution in [0.25, 0.3) is 0 Å². The second-order valence-electron chi connectivity index (χ2n) is 2.49. The zero-order valence-corrected chi connectivity index (χ0v) is 6.97. The van der Waals surface area contributed by atoms with E-state index in [1.54, 1.807) is 0 Å². The van der Waals surface area contributed by atoms with Gasteiger partial charge in [-0.05, 0) is 32.6 Å². The summed E-state index contributed by atoms with van der Waals surface area (Å²) in [6, 6.07) is 0. The maximum atomic E-state index is 3.64. The van der Waals surface area contributed by atoms with Crippen LogP contribution in [-0.4, -0.2) is 0 Å². The predicted octanol–water partition coefficient (Wildman–Crippen LogP) is 3.55. The fourth-order valence-electron chi connectivity index (χ4n) is 0.822. The molecule has 0 amide bonds. The number of unbranched alkanes of at least 4 members (excludes halogenated alkanes) is 4. The monoisotopic (exact) mass is 138 g/mol. The Hall–Kier alpha value is -0.260. The first kappa shape index (κ1) is 9.74. The normalized spacial score (nSPS) is 11.0. The smallest absolute Gasteiger partial charge is 0.0319 e. The third kappa shape index (κ3) is 7.74. The molecule has 10 heavy (non-hydrogen) atoms. The average Bonchev–Trinajstić information content (AvgIpc) is 1.97. The maximum Gasteiger partial charge on any atom is -0.0319 e. The Kier molecular flexibility index (Phi) is 8.51. The Morgan fingerprint density at radius 3 is 2.60 bits per heavy atom. The number of allylic oxidation sites excluding steroid dienone is 2. The summed E-state index contributed by atoms with van der Waals surface area (Å²) in [6.45, 7) is 5.87. The number of rotatable bonds is 6. The van der Waals surface area contributed by atoms with E-state index in [2.05, 4.69) is 26.0 Å². The van der Waals surface area contributed by atoms with Gasteiger partial charge in [0.05, 0.1) is 0 Å². The Balaban J connectivity index is 2.88. The van der Waals surface area contributed by atoms with E-state index < -0.39 is 0 Å². The standard InChI is InChI=1S/C10H18/c1-3-5-7-9-10-8-6-4-2/h3,7,9H,1,4-6,8,10H2,2H3/b9-7+. The van der Waals surface area contributed by atoms with E-state index in [0.717, 1.165) is 6.42 Å². The van der Waals surface area contributed by atoms with Gasteiger partial charge in [-0.1, -0.05) is 31.9 Å². The lowest BCUT2D eigenvalue weighted by Crippen LogP contribution is -1.70. The van der Waals surface area contributed by atoms with Gasteiger partial charge in [-0.2, -0.15) is 0 Å². The van der Waals surface area contributed by atoms with Crippen molar-refractivity contribution in [2.75, 3.05) is 0 Å². The van der Waals surface area contributed by atoms with E-state index in [4.69, 9.17) is 0 Å². The van der Waals surface area contributed by atoms with E-state index in [-0.39, 0.29) is 0 Å². The molecule has 0 unspecified atom stereocenters. The molecule has 0 heterocycles. The number of hydrogen-bond acceptors (Lipinski definition) is 0. The quantitative estimate of drug-likeness (QED) is 0.389. The Labute approximate surface area is 65.3 Å². The molecule has 0 nitrogen and oxygen atoms in total. The van der Waals surface area contributed by atoms with E-state index in [1.165, 1.54) is 25.7 Å². The molecule has 0 aliphatic heterocycles. The topological polar surface area (TPSA) is 0 Å². The molecule has 0 aromatic carbocycles. The molecule has 0 aromatic heterocycles. The van der Waals surface area contributed by atoms with Crippen LogP contribution >= 0.6 is 0 Å². The van der Waals surface area contributed by atoms with Gasteiger partial charge in [0.25, 0.3) is 0 Å². The second kappa shape index (κ2) is 8.74. The van der Waals surface area contributed by atoms with Crippen molar-refractivity contribution in [1.29, 1.82) is 0 Å². The average molecular weight is 138 g/mol. The summed E-state index contributed by atoms with van der Waals surface area (Å²) in [5, 5.41) is 0. The summed E-state index contributed by atoms with van der Waals surface area (Å²) in [4.78, 5) is 0. The molecule has 0 aliphatic carbocycles. The van der Waals surface area contributed by atoms with Crippen LogP contribution in [0.4, 0.5) is 0 Å². The lowest BCUT2D eigenvalue weighted by atomic mass is 10.2. The first-order valence-corrected chi connectivity index (χ1v) is 4.17. The SMILES string of the molecule is [CH2][CH]C/C=C/CCCCC. The predicted molar refractivity (Wildman–Crippen MR) is 47.6 cm³/mol. The van der Waals surface area contributed by atoms with Crippen LogP contribution in [0.15, 0.2) is 12.2 Å². The molecule has 2 radical (unpaired) electrons. The van der Waals surface area contributed by atoms with Gasteiger partial charge in [0.2, 0.25) is 0 Å². The van der Waals surface area contributed by atoms with Crippen LogP contribution < -0.4 is 0 Å². The van der Waals surface area contributed by atoms with Crippen molar-refractivity contribution in [3.05, 3.63) is 25.5 Å². The maximum absolute atomic E-state index is 3.64. The lowest BCUT2D eigenvalue weighted by Gasteiger charge is -1.90. The molecule has 0 saturated heterocycles. The van der Waals surface area contributed by atoms with Crippen molar-refractivity contribution in [3.63, 3.8) is 0 Å². The lowest BCUT2D eigenvalue weighted by molar-refractivity contribution is 0.728. The van der Waals surface area contributed by atoms with E-state index in [1.807, 2.05) is 6.42 Å². The van der Waals surface area contributed by atoms with Crippen molar-refractivity contribution in [3.8, 4) is 0 Å². The summed E-state index contributed by atoms with van der Waals surface area (Å²) >= 11 is 0. The zero-order chi connectivity index (χ0) is 7.66. The first-order valence-electron chi connectivity index (χ1n) is 4.17. The van der Waals surface area contributed by atoms with Crippen molar-refractivity contribution in [2.45, 2.75) is 39.0 Å². The third-order valence-corrected chi connectivity index (χ3v) is 1.44. The Morgan fingerprint density at radius 2 is 2.00 bits per heavy atom. The minimum atomic E-state index is 1.02. The minimum absolute atomic E-state index is 1.02. The van der Waals surface area contributed by atoms with Crippen LogP contribution in [-0.2, 0) is 0 Å².